The predicted molar refractivity (Wildman–Crippen MR) is 102 cm³/mol. The molecule has 1 aliphatic carbocycles. The molecule has 2 atom stereocenters. The van der Waals surface area contributed by atoms with Crippen LogP contribution in [0.2, 0.25) is 5.02 Å². The molecule has 2 unspecified atom stereocenters. The van der Waals surface area contributed by atoms with E-state index in [0.717, 1.165) is 22.3 Å². The van der Waals surface area contributed by atoms with Crippen LogP contribution in [0.25, 0.3) is 0 Å². The maximum Gasteiger partial charge on any atom is 0.222 e. The number of halogens is 1. The molecule has 26 heavy (non-hydrogen) atoms. The van der Waals surface area contributed by atoms with E-state index in [2.05, 4.69) is 15.3 Å². The van der Waals surface area contributed by atoms with Crippen LogP contribution in [-0.2, 0) is 9.59 Å². The van der Waals surface area contributed by atoms with Gasteiger partial charge >= 0.3 is 0 Å². The van der Waals surface area contributed by atoms with E-state index < -0.39 is 5.92 Å². The van der Waals surface area contributed by atoms with Crippen molar-refractivity contribution in [2.45, 2.75) is 39.5 Å². The lowest BCUT2D eigenvalue weighted by Crippen LogP contribution is -2.19. The minimum Gasteiger partial charge on any atom is -0.354 e. The Morgan fingerprint density at radius 1 is 1.12 bits per heavy atom. The molecule has 0 aliphatic heterocycles. The number of anilines is 1. The van der Waals surface area contributed by atoms with Gasteiger partial charge in [-0.05, 0) is 43.9 Å². The summed E-state index contributed by atoms with van der Waals surface area (Å²) < 4.78 is 0. The molecule has 136 valence electrons. The number of hydrogen-bond donors (Lipinski definition) is 1. The lowest BCUT2D eigenvalue weighted by atomic mass is 9.86. The largest absolute Gasteiger partial charge is 0.354 e. The van der Waals surface area contributed by atoms with E-state index in [1.807, 2.05) is 32.9 Å². The molecule has 1 saturated carbocycles. The summed E-state index contributed by atoms with van der Waals surface area (Å²) in [5.74, 6) is -0.352. The summed E-state index contributed by atoms with van der Waals surface area (Å²) in [6, 6.07) is 4.07. The quantitative estimate of drug-likeness (QED) is 0.809. The van der Waals surface area contributed by atoms with Gasteiger partial charge in [-0.15, -0.1) is 0 Å². The van der Waals surface area contributed by atoms with Gasteiger partial charge in [-0.3, -0.25) is 9.59 Å². The number of aromatic nitrogens is 2. The van der Waals surface area contributed by atoms with Crippen LogP contribution in [0.4, 0.5) is 5.95 Å². The summed E-state index contributed by atoms with van der Waals surface area (Å²) in [6.45, 7) is 6.50. The Morgan fingerprint density at radius 2 is 1.73 bits per heavy atom. The number of nitrogens with zero attached hydrogens (tertiary/aromatic N) is 2. The number of carbonyl (C=O) groups excluding carboxylic acids is 2. The third kappa shape index (κ3) is 3.78. The monoisotopic (exact) mass is 371 g/mol. The van der Waals surface area contributed by atoms with Crippen molar-refractivity contribution in [3.05, 3.63) is 51.8 Å². The molecule has 0 saturated heterocycles. The van der Waals surface area contributed by atoms with Crippen molar-refractivity contribution >= 4 is 29.1 Å². The molecular formula is C20H22ClN3O2. The van der Waals surface area contributed by atoms with Crippen LogP contribution in [0, 0.1) is 26.7 Å². The average molecular weight is 372 g/mol. The highest BCUT2D eigenvalue weighted by atomic mass is 35.5. The number of nitrogens with one attached hydrogen (secondary N) is 1. The van der Waals surface area contributed by atoms with E-state index in [1.54, 1.807) is 0 Å². The van der Waals surface area contributed by atoms with Crippen LogP contribution in [0.3, 0.4) is 0 Å². The Kier molecular flexibility index (Phi) is 5.37. The highest BCUT2D eigenvalue weighted by Crippen LogP contribution is 2.37. The normalized spacial score (nSPS) is 19.8. The molecular weight excluding hydrogens is 350 g/mol. The van der Waals surface area contributed by atoms with Crippen molar-refractivity contribution in [2.75, 3.05) is 11.9 Å². The minimum absolute atomic E-state index is 0.0257. The lowest BCUT2D eigenvalue weighted by Gasteiger charge is -2.16. The average Bonchev–Trinajstić information content (AvgIpc) is 2.84. The fourth-order valence-electron chi connectivity index (χ4n) is 3.81. The zero-order chi connectivity index (χ0) is 18.8. The number of aryl methyl sites for hydroxylation is 3. The molecule has 3 rings (SSSR count). The molecule has 0 radical (unpaired) electrons. The van der Waals surface area contributed by atoms with Crippen molar-refractivity contribution in [1.29, 1.82) is 0 Å². The minimum atomic E-state index is -0.618. The molecule has 0 spiro atoms. The summed E-state index contributed by atoms with van der Waals surface area (Å²) in [5.41, 5.74) is 4.07. The molecule has 1 aliphatic rings. The van der Waals surface area contributed by atoms with E-state index in [-0.39, 0.29) is 17.5 Å². The second-order valence-corrected chi connectivity index (χ2v) is 7.39. The van der Waals surface area contributed by atoms with Gasteiger partial charge in [0, 0.05) is 18.9 Å². The first-order valence-corrected chi connectivity index (χ1v) is 9.10. The SMILES string of the molecule is Cc1cc(C)c(C2C(=O)CC(CCNc3ncc(Cl)cn3)C2=O)c(C)c1. The van der Waals surface area contributed by atoms with Crippen molar-refractivity contribution in [3.63, 3.8) is 0 Å². The van der Waals surface area contributed by atoms with Crippen LogP contribution >= 0.6 is 11.6 Å². The second-order valence-electron chi connectivity index (χ2n) is 6.96. The molecule has 1 aromatic heterocycles. The van der Waals surface area contributed by atoms with Gasteiger partial charge in [-0.2, -0.15) is 0 Å². The zero-order valence-electron chi connectivity index (χ0n) is 15.2. The van der Waals surface area contributed by atoms with Gasteiger partial charge in [0.05, 0.1) is 17.4 Å². The van der Waals surface area contributed by atoms with Crippen molar-refractivity contribution in [3.8, 4) is 0 Å². The fourth-order valence-corrected chi connectivity index (χ4v) is 3.91. The van der Waals surface area contributed by atoms with Crippen LogP contribution in [0.1, 0.15) is 41.0 Å². The fraction of sp³-hybridized carbons (Fsp3) is 0.400. The lowest BCUT2D eigenvalue weighted by molar-refractivity contribution is -0.124. The topological polar surface area (TPSA) is 72.0 Å². The van der Waals surface area contributed by atoms with Gasteiger partial charge in [-0.25, -0.2) is 9.97 Å². The third-order valence-corrected chi connectivity index (χ3v) is 5.07. The zero-order valence-corrected chi connectivity index (χ0v) is 15.9. The van der Waals surface area contributed by atoms with Crippen LogP contribution in [0.15, 0.2) is 24.5 Å². The summed E-state index contributed by atoms with van der Waals surface area (Å²) >= 11 is 5.76. The Hall–Kier alpha value is -2.27. The Morgan fingerprint density at radius 3 is 2.35 bits per heavy atom. The first-order chi connectivity index (χ1) is 12.4. The molecule has 5 nitrogen and oxygen atoms in total. The molecule has 6 heteroatoms. The number of carbonyl (C=O) groups is 2. The highest BCUT2D eigenvalue weighted by Gasteiger charge is 2.42. The predicted octanol–water partition coefficient (Wildman–Crippen LogP) is 3.80. The smallest absolute Gasteiger partial charge is 0.222 e. The highest BCUT2D eigenvalue weighted by molar-refractivity contribution is 6.30. The van der Waals surface area contributed by atoms with Gasteiger partial charge in [0.25, 0.3) is 0 Å². The standard InChI is InChI=1S/C20H22ClN3O2/c1-11-6-12(2)17(13(3)7-11)18-16(25)8-14(19(18)26)4-5-22-20-23-9-15(21)10-24-20/h6-7,9-10,14,18H,4-5,8H2,1-3H3,(H,22,23,24). The van der Waals surface area contributed by atoms with E-state index in [0.29, 0.717) is 30.4 Å². The van der Waals surface area contributed by atoms with Gasteiger partial charge in [-0.1, -0.05) is 29.3 Å². The van der Waals surface area contributed by atoms with Crippen molar-refractivity contribution < 1.29 is 9.59 Å². The molecule has 1 N–H and O–H groups in total. The summed E-state index contributed by atoms with van der Waals surface area (Å²) in [5, 5.41) is 3.55. The first-order valence-electron chi connectivity index (χ1n) is 8.72. The second kappa shape index (κ2) is 7.54. The number of benzene rings is 1. The number of hydrogen-bond acceptors (Lipinski definition) is 5. The van der Waals surface area contributed by atoms with E-state index in [4.69, 9.17) is 11.6 Å². The number of Topliss-reactive ketones (excluding diaryl/α,β-unsaturated/α-hetero) is 2. The Balaban J connectivity index is 1.68. The molecule has 1 fully saturated rings. The summed E-state index contributed by atoms with van der Waals surface area (Å²) in [6.07, 6.45) is 3.91. The molecule has 1 aromatic carbocycles. The Bertz CT molecular complexity index is 826. The molecule has 2 aromatic rings. The first kappa shape index (κ1) is 18.5. The van der Waals surface area contributed by atoms with Crippen LogP contribution < -0.4 is 5.32 Å². The van der Waals surface area contributed by atoms with E-state index >= 15 is 0 Å². The summed E-state index contributed by atoms with van der Waals surface area (Å²) in [7, 11) is 0. The maximum absolute atomic E-state index is 12.9. The van der Waals surface area contributed by atoms with E-state index in [1.165, 1.54) is 12.4 Å². The molecule has 1 heterocycles. The summed E-state index contributed by atoms with van der Waals surface area (Å²) in [4.78, 5) is 33.6. The molecule has 0 bridgehead atoms. The van der Waals surface area contributed by atoms with Gasteiger partial charge in [0.1, 0.15) is 11.7 Å². The number of rotatable bonds is 5. The van der Waals surface area contributed by atoms with Crippen LogP contribution in [0.5, 0.6) is 0 Å². The van der Waals surface area contributed by atoms with Crippen molar-refractivity contribution in [2.24, 2.45) is 5.92 Å². The van der Waals surface area contributed by atoms with E-state index in [9.17, 15) is 9.59 Å². The van der Waals surface area contributed by atoms with Gasteiger partial charge < -0.3 is 5.32 Å². The molecule has 0 amide bonds. The third-order valence-electron chi connectivity index (χ3n) is 4.88. The number of ketones is 2. The van der Waals surface area contributed by atoms with Gasteiger partial charge in [0.15, 0.2) is 5.78 Å². The maximum atomic E-state index is 12.9. The van der Waals surface area contributed by atoms with Crippen LogP contribution in [-0.4, -0.2) is 28.1 Å². The Labute approximate surface area is 158 Å². The van der Waals surface area contributed by atoms with Crippen molar-refractivity contribution in [1.82, 2.24) is 9.97 Å². The van der Waals surface area contributed by atoms with Gasteiger partial charge in [0.2, 0.25) is 5.95 Å².